The molecule has 102 valence electrons. The second kappa shape index (κ2) is 6.24. The number of carbonyl (C=O) groups is 1. The first kappa shape index (κ1) is 14.8. The number of hydrogen-bond donors (Lipinski definition) is 2. The zero-order valence-electron chi connectivity index (χ0n) is 10.2. The van der Waals surface area contributed by atoms with Crippen molar-refractivity contribution in [2.75, 3.05) is 0 Å². The van der Waals surface area contributed by atoms with Crippen LogP contribution in [0.4, 0.5) is 0 Å². The Bertz CT molecular complexity index is 670. The van der Waals surface area contributed by atoms with Crippen molar-refractivity contribution in [1.82, 2.24) is 0 Å². The summed E-state index contributed by atoms with van der Waals surface area (Å²) in [5.41, 5.74) is 1.71. The van der Waals surface area contributed by atoms with Gasteiger partial charge in [-0.05, 0) is 61.2 Å². The molecule has 2 N–H and O–H groups in total. The van der Waals surface area contributed by atoms with Crippen LogP contribution in [0.1, 0.15) is 21.5 Å². The number of aromatic carboxylic acids is 1. The van der Waals surface area contributed by atoms with Crippen molar-refractivity contribution >= 4 is 50.0 Å². The number of hydrogen-bond acceptors (Lipinski definition) is 2. The Balaban J connectivity index is 2.37. The lowest BCUT2D eigenvalue weighted by Gasteiger charge is -2.03. The fourth-order valence-electron chi connectivity index (χ4n) is 1.70. The molecule has 0 aliphatic heterocycles. The Morgan fingerprint density at radius 2 is 1.65 bits per heavy atom. The Morgan fingerprint density at radius 1 is 1.05 bits per heavy atom. The van der Waals surface area contributed by atoms with Crippen LogP contribution in [-0.4, -0.2) is 16.2 Å². The molecule has 0 bridgehead atoms. The Labute approximate surface area is 132 Å². The monoisotopic (exact) mass is 396 g/mol. The molecule has 0 unspecified atom stereocenters. The van der Waals surface area contributed by atoms with Gasteiger partial charge in [0.15, 0.2) is 0 Å². The third kappa shape index (κ3) is 3.29. The minimum Gasteiger partial charge on any atom is -0.506 e. The van der Waals surface area contributed by atoms with Crippen LogP contribution in [0.2, 0.25) is 0 Å². The van der Waals surface area contributed by atoms with E-state index in [4.69, 9.17) is 5.11 Å². The molecule has 2 rings (SSSR count). The van der Waals surface area contributed by atoms with Gasteiger partial charge in [-0.25, -0.2) is 4.79 Å². The highest BCUT2D eigenvalue weighted by Gasteiger charge is 2.07. The van der Waals surface area contributed by atoms with Crippen molar-refractivity contribution in [3.8, 4) is 5.75 Å². The number of benzene rings is 2. The van der Waals surface area contributed by atoms with Gasteiger partial charge in [-0.15, -0.1) is 0 Å². The molecule has 0 aromatic heterocycles. The first-order valence-electron chi connectivity index (χ1n) is 5.67. The molecule has 0 radical (unpaired) electrons. The number of carboxylic acids is 1. The number of aromatic hydroxyl groups is 1. The molecule has 2 aromatic rings. The highest BCUT2D eigenvalue weighted by molar-refractivity contribution is 9.11. The minimum absolute atomic E-state index is 0.132. The molecular formula is C15H10Br2O3. The van der Waals surface area contributed by atoms with Crippen molar-refractivity contribution in [1.29, 1.82) is 0 Å². The van der Waals surface area contributed by atoms with Gasteiger partial charge >= 0.3 is 5.97 Å². The van der Waals surface area contributed by atoms with Crippen molar-refractivity contribution < 1.29 is 15.0 Å². The maximum absolute atomic E-state index is 11.1. The van der Waals surface area contributed by atoms with Crippen LogP contribution in [-0.2, 0) is 0 Å². The predicted octanol–water partition coefficient (Wildman–Crippen LogP) is 4.79. The standard InChI is InChI=1S/C15H10Br2O3/c16-12-7-9(8-13(17)14(12)18)5-6-10-3-1-2-4-11(10)15(19)20/h1-8,18H,(H,19,20)/b6-5+. The summed E-state index contributed by atoms with van der Waals surface area (Å²) in [7, 11) is 0. The second-order valence-electron chi connectivity index (χ2n) is 4.06. The van der Waals surface area contributed by atoms with Crippen LogP contribution in [0, 0.1) is 0 Å². The zero-order chi connectivity index (χ0) is 14.7. The molecule has 0 aliphatic rings. The van der Waals surface area contributed by atoms with Gasteiger partial charge in [0.25, 0.3) is 0 Å². The van der Waals surface area contributed by atoms with E-state index >= 15 is 0 Å². The summed E-state index contributed by atoms with van der Waals surface area (Å²) in [6, 6.07) is 10.3. The number of phenols is 1. The summed E-state index contributed by atoms with van der Waals surface area (Å²) in [4.78, 5) is 11.1. The minimum atomic E-state index is -0.960. The Kier molecular flexibility index (Phi) is 4.62. The maximum Gasteiger partial charge on any atom is 0.336 e. The number of rotatable bonds is 3. The van der Waals surface area contributed by atoms with Gasteiger partial charge in [-0.2, -0.15) is 0 Å². The van der Waals surface area contributed by atoms with Crippen molar-refractivity contribution in [2.45, 2.75) is 0 Å². The lowest BCUT2D eigenvalue weighted by molar-refractivity contribution is 0.0696. The van der Waals surface area contributed by atoms with Gasteiger partial charge in [-0.1, -0.05) is 30.4 Å². The zero-order valence-corrected chi connectivity index (χ0v) is 13.3. The fourth-order valence-corrected chi connectivity index (χ4v) is 2.93. The molecule has 0 spiro atoms. The van der Waals surface area contributed by atoms with Gasteiger partial charge in [-0.3, -0.25) is 0 Å². The third-order valence-corrected chi connectivity index (χ3v) is 3.89. The lowest BCUT2D eigenvalue weighted by Crippen LogP contribution is -1.98. The van der Waals surface area contributed by atoms with Crippen LogP contribution in [0.3, 0.4) is 0 Å². The number of carboxylic acid groups (broad SMARTS) is 1. The lowest BCUT2D eigenvalue weighted by atomic mass is 10.1. The molecule has 3 nitrogen and oxygen atoms in total. The number of phenolic OH excluding ortho intramolecular Hbond substituents is 1. The van der Waals surface area contributed by atoms with Gasteiger partial charge < -0.3 is 10.2 Å². The summed E-state index contributed by atoms with van der Waals surface area (Å²) < 4.78 is 1.14. The van der Waals surface area contributed by atoms with E-state index in [1.54, 1.807) is 48.6 Å². The van der Waals surface area contributed by atoms with E-state index < -0.39 is 5.97 Å². The van der Waals surface area contributed by atoms with E-state index in [2.05, 4.69) is 31.9 Å². The summed E-state index contributed by atoms with van der Waals surface area (Å²) in [6.45, 7) is 0. The first-order valence-corrected chi connectivity index (χ1v) is 7.26. The number of halogens is 2. The second-order valence-corrected chi connectivity index (χ2v) is 5.77. The molecule has 5 heteroatoms. The summed E-state index contributed by atoms with van der Waals surface area (Å²) >= 11 is 6.51. The van der Waals surface area contributed by atoms with E-state index in [1.165, 1.54) is 0 Å². The Hall–Kier alpha value is -1.59. The molecular weight excluding hydrogens is 388 g/mol. The first-order chi connectivity index (χ1) is 9.49. The van der Waals surface area contributed by atoms with Crippen LogP contribution >= 0.6 is 31.9 Å². The fraction of sp³-hybridized carbons (Fsp3) is 0. The SMILES string of the molecule is O=C(O)c1ccccc1/C=C/c1cc(Br)c(O)c(Br)c1. The molecule has 0 fully saturated rings. The van der Waals surface area contributed by atoms with E-state index in [1.807, 2.05) is 0 Å². The van der Waals surface area contributed by atoms with Crippen molar-refractivity contribution in [2.24, 2.45) is 0 Å². The third-order valence-electron chi connectivity index (χ3n) is 2.69. The van der Waals surface area contributed by atoms with Gasteiger partial charge in [0.05, 0.1) is 14.5 Å². The molecule has 0 saturated heterocycles. The van der Waals surface area contributed by atoms with Crippen LogP contribution in [0.5, 0.6) is 5.75 Å². The van der Waals surface area contributed by atoms with E-state index in [9.17, 15) is 9.90 Å². The smallest absolute Gasteiger partial charge is 0.336 e. The highest BCUT2D eigenvalue weighted by Crippen LogP contribution is 2.33. The van der Waals surface area contributed by atoms with Crippen LogP contribution < -0.4 is 0 Å². The van der Waals surface area contributed by atoms with Gasteiger partial charge in [0.2, 0.25) is 0 Å². The van der Waals surface area contributed by atoms with Crippen molar-refractivity contribution in [3.05, 3.63) is 62.0 Å². The Morgan fingerprint density at radius 3 is 2.25 bits per heavy atom. The average Bonchev–Trinajstić information content (AvgIpc) is 2.42. The van der Waals surface area contributed by atoms with Gasteiger partial charge in [0, 0.05) is 0 Å². The maximum atomic E-state index is 11.1. The van der Waals surface area contributed by atoms with E-state index in [0.717, 1.165) is 5.56 Å². The van der Waals surface area contributed by atoms with Crippen LogP contribution in [0.15, 0.2) is 45.3 Å². The molecule has 0 amide bonds. The van der Waals surface area contributed by atoms with Gasteiger partial charge in [0.1, 0.15) is 5.75 Å². The highest BCUT2D eigenvalue weighted by atomic mass is 79.9. The molecule has 0 aliphatic carbocycles. The molecule has 0 saturated carbocycles. The molecule has 0 atom stereocenters. The summed E-state index contributed by atoms with van der Waals surface area (Å²) in [5.74, 6) is -0.827. The summed E-state index contributed by atoms with van der Waals surface area (Å²) in [6.07, 6.45) is 3.52. The van der Waals surface area contributed by atoms with Crippen molar-refractivity contribution in [3.63, 3.8) is 0 Å². The quantitative estimate of drug-likeness (QED) is 0.732. The van der Waals surface area contributed by atoms with E-state index in [-0.39, 0.29) is 11.3 Å². The van der Waals surface area contributed by atoms with Crippen LogP contribution in [0.25, 0.3) is 12.2 Å². The predicted molar refractivity (Wildman–Crippen MR) is 85.8 cm³/mol. The molecule has 0 heterocycles. The van der Waals surface area contributed by atoms with E-state index in [0.29, 0.717) is 14.5 Å². The molecule has 20 heavy (non-hydrogen) atoms. The largest absolute Gasteiger partial charge is 0.506 e. The molecule has 2 aromatic carbocycles. The average molecular weight is 398 g/mol. The topological polar surface area (TPSA) is 57.5 Å². The summed E-state index contributed by atoms with van der Waals surface area (Å²) in [5, 5.41) is 18.7. The normalized spacial score (nSPS) is 10.9.